The third-order valence-electron chi connectivity index (χ3n) is 4.31. The highest BCUT2D eigenvalue weighted by molar-refractivity contribution is 5.82. The van der Waals surface area contributed by atoms with Crippen LogP contribution in [0.1, 0.15) is 64.7 Å². The van der Waals surface area contributed by atoms with E-state index in [0.29, 0.717) is 12.6 Å². The molecule has 0 aliphatic heterocycles. The first kappa shape index (κ1) is 14.6. The molecular weight excluding hydrogens is 238 g/mol. The molecule has 0 heterocycles. The van der Waals surface area contributed by atoms with Crippen LogP contribution >= 0.6 is 0 Å². The summed E-state index contributed by atoms with van der Waals surface area (Å²) in [7, 11) is 0. The molecule has 0 radical (unpaired) electrons. The van der Waals surface area contributed by atoms with E-state index in [1.165, 1.54) is 50.5 Å². The first-order valence-corrected chi connectivity index (χ1v) is 7.90. The van der Waals surface area contributed by atoms with E-state index in [0.717, 1.165) is 18.9 Å². The lowest BCUT2D eigenvalue weighted by Gasteiger charge is -2.31. The van der Waals surface area contributed by atoms with Crippen LogP contribution in [-0.2, 0) is 9.53 Å². The SMILES string of the molecule is CCOC(=O)C=C1CCC(NC2CCCCC2)CC1. The fourth-order valence-corrected chi connectivity index (χ4v) is 3.25. The van der Waals surface area contributed by atoms with E-state index in [1.54, 1.807) is 6.08 Å². The molecule has 0 unspecified atom stereocenters. The average Bonchev–Trinajstić information content (AvgIpc) is 2.42. The molecule has 2 aliphatic carbocycles. The number of ether oxygens (including phenoxy) is 1. The van der Waals surface area contributed by atoms with Crippen molar-refractivity contribution in [3.05, 3.63) is 11.6 Å². The molecule has 0 bridgehead atoms. The zero-order chi connectivity index (χ0) is 13.5. The van der Waals surface area contributed by atoms with Gasteiger partial charge in [-0.2, -0.15) is 0 Å². The lowest BCUT2D eigenvalue weighted by Crippen LogP contribution is -2.40. The van der Waals surface area contributed by atoms with Crippen LogP contribution in [0.4, 0.5) is 0 Å². The van der Waals surface area contributed by atoms with Gasteiger partial charge in [0.2, 0.25) is 0 Å². The Morgan fingerprint density at radius 3 is 2.42 bits per heavy atom. The van der Waals surface area contributed by atoms with Gasteiger partial charge in [-0.1, -0.05) is 24.8 Å². The Bertz CT molecular complexity index is 309. The van der Waals surface area contributed by atoms with Crippen LogP contribution in [0.5, 0.6) is 0 Å². The molecule has 19 heavy (non-hydrogen) atoms. The molecule has 0 spiro atoms. The summed E-state index contributed by atoms with van der Waals surface area (Å²) in [5, 5.41) is 3.81. The molecule has 2 rings (SSSR count). The lowest BCUT2D eigenvalue weighted by atomic mass is 9.88. The molecule has 0 aromatic carbocycles. The number of rotatable bonds is 4. The first-order chi connectivity index (χ1) is 9.28. The molecule has 1 N–H and O–H groups in total. The first-order valence-electron chi connectivity index (χ1n) is 7.90. The Kier molecular flexibility index (Phi) is 5.90. The molecule has 108 valence electrons. The van der Waals surface area contributed by atoms with Crippen molar-refractivity contribution in [2.45, 2.75) is 76.8 Å². The van der Waals surface area contributed by atoms with Gasteiger partial charge in [0.05, 0.1) is 6.61 Å². The highest BCUT2D eigenvalue weighted by Gasteiger charge is 2.21. The normalized spacial score (nSPS) is 25.1. The van der Waals surface area contributed by atoms with Gasteiger partial charge in [-0.15, -0.1) is 0 Å². The van der Waals surface area contributed by atoms with Gasteiger partial charge < -0.3 is 10.1 Å². The van der Waals surface area contributed by atoms with Crippen molar-refractivity contribution >= 4 is 5.97 Å². The van der Waals surface area contributed by atoms with E-state index < -0.39 is 0 Å². The van der Waals surface area contributed by atoms with Crippen LogP contribution in [0.25, 0.3) is 0 Å². The second kappa shape index (κ2) is 7.68. The number of carbonyl (C=O) groups is 1. The topological polar surface area (TPSA) is 38.3 Å². The van der Waals surface area contributed by atoms with Crippen LogP contribution in [0.15, 0.2) is 11.6 Å². The number of hydrogen-bond donors (Lipinski definition) is 1. The fraction of sp³-hybridized carbons (Fsp3) is 0.812. The highest BCUT2D eigenvalue weighted by Crippen LogP contribution is 2.26. The van der Waals surface area contributed by atoms with Crippen molar-refractivity contribution in [2.24, 2.45) is 0 Å². The Morgan fingerprint density at radius 1 is 1.16 bits per heavy atom. The second-order valence-corrected chi connectivity index (χ2v) is 5.83. The van der Waals surface area contributed by atoms with Gasteiger partial charge in [0.25, 0.3) is 0 Å². The maximum atomic E-state index is 11.4. The zero-order valence-corrected chi connectivity index (χ0v) is 12.1. The monoisotopic (exact) mass is 265 g/mol. The average molecular weight is 265 g/mol. The van der Waals surface area contributed by atoms with Crippen molar-refractivity contribution in [3.63, 3.8) is 0 Å². The van der Waals surface area contributed by atoms with Gasteiger partial charge in [-0.3, -0.25) is 0 Å². The Balaban J connectivity index is 1.71. The third-order valence-corrected chi connectivity index (χ3v) is 4.31. The van der Waals surface area contributed by atoms with Crippen molar-refractivity contribution in [1.82, 2.24) is 5.32 Å². The molecule has 3 heteroatoms. The maximum absolute atomic E-state index is 11.4. The van der Waals surface area contributed by atoms with Gasteiger partial charge in [-0.05, 0) is 45.4 Å². The number of hydrogen-bond acceptors (Lipinski definition) is 3. The maximum Gasteiger partial charge on any atom is 0.330 e. The molecule has 2 aliphatic rings. The summed E-state index contributed by atoms with van der Waals surface area (Å²) >= 11 is 0. The van der Waals surface area contributed by atoms with Crippen molar-refractivity contribution in [2.75, 3.05) is 6.61 Å². The van der Waals surface area contributed by atoms with E-state index in [9.17, 15) is 4.79 Å². The molecule has 2 saturated carbocycles. The largest absolute Gasteiger partial charge is 0.463 e. The van der Waals surface area contributed by atoms with Crippen molar-refractivity contribution in [3.8, 4) is 0 Å². The zero-order valence-electron chi connectivity index (χ0n) is 12.1. The van der Waals surface area contributed by atoms with E-state index >= 15 is 0 Å². The summed E-state index contributed by atoms with van der Waals surface area (Å²) in [6.07, 6.45) is 13.0. The summed E-state index contributed by atoms with van der Waals surface area (Å²) in [5.41, 5.74) is 1.26. The van der Waals surface area contributed by atoms with E-state index in [1.807, 2.05) is 6.92 Å². The molecular formula is C16H27NO2. The highest BCUT2D eigenvalue weighted by atomic mass is 16.5. The summed E-state index contributed by atoms with van der Waals surface area (Å²) in [6.45, 7) is 2.32. The van der Waals surface area contributed by atoms with Gasteiger partial charge in [0.1, 0.15) is 0 Å². The molecule has 0 amide bonds. The Morgan fingerprint density at radius 2 is 1.79 bits per heavy atom. The predicted octanol–water partition coefficient (Wildman–Crippen LogP) is 3.34. The number of nitrogens with one attached hydrogen (secondary N) is 1. The van der Waals surface area contributed by atoms with Crippen LogP contribution in [0.3, 0.4) is 0 Å². The van der Waals surface area contributed by atoms with Gasteiger partial charge in [-0.25, -0.2) is 4.79 Å². The molecule has 0 aromatic rings. The van der Waals surface area contributed by atoms with Crippen LogP contribution in [-0.4, -0.2) is 24.7 Å². The number of carbonyl (C=O) groups excluding carboxylic acids is 1. The number of esters is 1. The van der Waals surface area contributed by atoms with E-state index in [4.69, 9.17) is 4.74 Å². The summed E-state index contributed by atoms with van der Waals surface area (Å²) < 4.78 is 4.96. The van der Waals surface area contributed by atoms with Gasteiger partial charge in [0.15, 0.2) is 0 Å². The lowest BCUT2D eigenvalue weighted by molar-refractivity contribution is -0.137. The molecule has 2 fully saturated rings. The van der Waals surface area contributed by atoms with Gasteiger partial charge >= 0.3 is 5.97 Å². The number of allylic oxidation sites excluding steroid dienone is 1. The summed E-state index contributed by atoms with van der Waals surface area (Å²) in [4.78, 5) is 11.4. The molecule has 3 nitrogen and oxygen atoms in total. The van der Waals surface area contributed by atoms with Crippen molar-refractivity contribution in [1.29, 1.82) is 0 Å². The van der Waals surface area contributed by atoms with E-state index in [-0.39, 0.29) is 5.97 Å². The smallest absolute Gasteiger partial charge is 0.330 e. The van der Waals surface area contributed by atoms with Crippen LogP contribution in [0.2, 0.25) is 0 Å². The summed E-state index contributed by atoms with van der Waals surface area (Å²) in [6, 6.07) is 1.40. The summed E-state index contributed by atoms with van der Waals surface area (Å²) in [5.74, 6) is -0.170. The Labute approximate surface area is 116 Å². The van der Waals surface area contributed by atoms with Crippen LogP contribution < -0.4 is 5.32 Å². The van der Waals surface area contributed by atoms with E-state index in [2.05, 4.69) is 5.32 Å². The minimum absolute atomic E-state index is 0.170. The van der Waals surface area contributed by atoms with Crippen molar-refractivity contribution < 1.29 is 9.53 Å². The molecule has 0 saturated heterocycles. The second-order valence-electron chi connectivity index (χ2n) is 5.83. The standard InChI is InChI=1S/C16H27NO2/c1-2-19-16(18)12-13-8-10-15(11-9-13)17-14-6-4-3-5-7-14/h12,14-15,17H,2-11H2,1H3. The van der Waals surface area contributed by atoms with Gasteiger partial charge in [0, 0.05) is 18.2 Å². The fourth-order valence-electron chi connectivity index (χ4n) is 3.25. The van der Waals surface area contributed by atoms with Crippen LogP contribution in [0, 0.1) is 0 Å². The molecule has 0 atom stereocenters. The quantitative estimate of drug-likeness (QED) is 0.626. The minimum Gasteiger partial charge on any atom is -0.463 e. The molecule has 0 aromatic heterocycles. The minimum atomic E-state index is -0.170. The predicted molar refractivity (Wildman–Crippen MR) is 77.0 cm³/mol. The third kappa shape index (κ3) is 4.98. The Hall–Kier alpha value is -0.830.